The summed E-state index contributed by atoms with van der Waals surface area (Å²) < 4.78 is 11.2. The van der Waals surface area contributed by atoms with Crippen molar-refractivity contribution in [2.45, 2.75) is 19.3 Å². The van der Waals surface area contributed by atoms with Crippen molar-refractivity contribution < 1.29 is 4.21 Å². The lowest BCUT2D eigenvalue weighted by Gasteiger charge is -2.44. The van der Waals surface area contributed by atoms with E-state index in [4.69, 9.17) is 0 Å². The first kappa shape index (κ1) is 11.1. The van der Waals surface area contributed by atoms with Gasteiger partial charge in [0.1, 0.15) is 0 Å². The summed E-state index contributed by atoms with van der Waals surface area (Å²) in [5.74, 6) is 1.77. The predicted octanol–water partition coefficient (Wildman–Crippen LogP) is 1.62. The second-order valence-corrected chi connectivity index (χ2v) is 6.87. The highest BCUT2D eigenvalue weighted by atomic mass is 79.9. The molecule has 1 heterocycles. The Bertz CT molecular complexity index is 215. The number of hydrogen-bond donors (Lipinski definition) is 0. The number of halogens is 1. The average molecular weight is 280 g/mol. The molecule has 1 saturated carbocycles. The molecule has 82 valence electrons. The van der Waals surface area contributed by atoms with Crippen LogP contribution in [0.5, 0.6) is 0 Å². The van der Waals surface area contributed by atoms with E-state index in [-0.39, 0.29) is 0 Å². The highest BCUT2D eigenvalue weighted by Gasteiger charge is 2.37. The third-order valence-corrected chi connectivity index (χ3v) is 5.99. The molecule has 14 heavy (non-hydrogen) atoms. The minimum absolute atomic E-state index is 0.529. The third-order valence-electron chi connectivity index (χ3n) is 3.53. The molecular weight excluding hydrogens is 262 g/mol. The highest BCUT2D eigenvalue weighted by Crippen LogP contribution is 2.43. The third kappa shape index (κ3) is 2.39. The number of nitrogens with zero attached hydrogens (tertiary/aromatic N) is 1. The smallest absolute Gasteiger partial charge is 0.0363 e. The van der Waals surface area contributed by atoms with Crippen molar-refractivity contribution >= 4 is 26.7 Å². The zero-order chi connectivity index (χ0) is 10.0. The van der Waals surface area contributed by atoms with Gasteiger partial charge in [0, 0.05) is 47.3 Å². The van der Waals surface area contributed by atoms with E-state index in [2.05, 4.69) is 20.8 Å². The molecule has 2 nitrogen and oxygen atoms in total. The quantitative estimate of drug-likeness (QED) is 0.732. The molecule has 4 heteroatoms. The van der Waals surface area contributed by atoms with Gasteiger partial charge >= 0.3 is 0 Å². The molecule has 1 aliphatic carbocycles. The largest absolute Gasteiger partial charge is 0.301 e. The fourth-order valence-corrected chi connectivity index (χ4v) is 4.18. The first-order valence-electron chi connectivity index (χ1n) is 5.37. The van der Waals surface area contributed by atoms with E-state index in [0.717, 1.165) is 29.9 Å². The summed E-state index contributed by atoms with van der Waals surface area (Å²) in [5.41, 5.74) is 0.554. The van der Waals surface area contributed by atoms with E-state index in [1.165, 1.54) is 25.8 Å². The predicted molar refractivity (Wildman–Crippen MR) is 64.4 cm³/mol. The van der Waals surface area contributed by atoms with Gasteiger partial charge in [-0.05, 0) is 18.3 Å². The average Bonchev–Trinajstić information content (AvgIpc) is 2.15. The molecule has 2 fully saturated rings. The molecule has 0 unspecified atom stereocenters. The second kappa shape index (κ2) is 4.62. The molecule has 0 spiro atoms. The topological polar surface area (TPSA) is 20.3 Å². The van der Waals surface area contributed by atoms with Crippen LogP contribution in [0.3, 0.4) is 0 Å². The van der Waals surface area contributed by atoms with Gasteiger partial charge in [0.2, 0.25) is 0 Å². The van der Waals surface area contributed by atoms with E-state index in [0.29, 0.717) is 5.41 Å². The van der Waals surface area contributed by atoms with Gasteiger partial charge in [-0.3, -0.25) is 4.21 Å². The summed E-state index contributed by atoms with van der Waals surface area (Å²) in [6, 6.07) is 0. The highest BCUT2D eigenvalue weighted by molar-refractivity contribution is 9.09. The van der Waals surface area contributed by atoms with Crippen LogP contribution in [0.15, 0.2) is 0 Å². The maximum absolute atomic E-state index is 11.2. The number of hydrogen-bond acceptors (Lipinski definition) is 2. The van der Waals surface area contributed by atoms with E-state index >= 15 is 0 Å². The first-order valence-corrected chi connectivity index (χ1v) is 7.98. The van der Waals surface area contributed by atoms with Gasteiger partial charge in [-0.15, -0.1) is 0 Å². The number of alkyl halides is 1. The van der Waals surface area contributed by atoms with Crippen LogP contribution in [0, 0.1) is 5.41 Å². The lowest BCUT2D eigenvalue weighted by molar-refractivity contribution is 0.0967. The Morgan fingerprint density at radius 1 is 1.29 bits per heavy atom. The maximum Gasteiger partial charge on any atom is 0.0363 e. The van der Waals surface area contributed by atoms with Crippen LogP contribution in [0.4, 0.5) is 0 Å². The van der Waals surface area contributed by atoms with Crippen molar-refractivity contribution in [2.75, 3.05) is 36.5 Å². The van der Waals surface area contributed by atoms with Gasteiger partial charge in [-0.1, -0.05) is 22.4 Å². The summed E-state index contributed by atoms with van der Waals surface area (Å²) in [6.45, 7) is 3.30. The molecule has 0 bridgehead atoms. The van der Waals surface area contributed by atoms with Gasteiger partial charge in [-0.2, -0.15) is 0 Å². The Morgan fingerprint density at radius 2 is 1.93 bits per heavy atom. The normalized spacial score (nSPS) is 28.6. The number of rotatable bonds is 3. The van der Waals surface area contributed by atoms with Crippen LogP contribution < -0.4 is 0 Å². The molecule has 1 saturated heterocycles. The van der Waals surface area contributed by atoms with Crippen molar-refractivity contribution in [2.24, 2.45) is 5.41 Å². The molecule has 2 rings (SSSR count). The van der Waals surface area contributed by atoms with Crippen molar-refractivity contribution in [1.29, 1.82) is 0 Å². The van der Waals surface area contributed by atoms with Crippen LogP contribution in [-0.4, -0.2) is 45.6 Å². The summed E-state index contributed by atoms with van der Waals surface area (Å²) in [7, 11) is -0.529. The van der Waals surface area contributed by atoms with E-state index in [1.807, 2.05) is 0 Å². The second-order valence-electron chi connectivity index (χ2n) is 4.61. The van der Waals surface area contributed by atoms with Crippen molar-refractivity contribution in [3.63, 3.8) is 0 Å². The first-order chi connectivity index (χ1) is 6.74. The lowest BCUT2D eigenvalue weighted by Crippen LogP contribution is -2.48. The Balaban J connectivity index is 1.82. The van der Waals surface area contributed by atoms with Gasteiger partial charge in [0.25, 0.3) is 0 Å². The van der Waals surface area contributed by atoms with Crippen molar-refractivity contribution in [3.8, 4) is 0 Å². The maximum atomic E-state index is 11.2. The van der Waals surface area contributed by atoms with Crippen molar-refractivity contribution in [3.05, 3.63) is 0 Å². The standard InChI is InChI=1S/C10H18BrNOS/c11-8-10(2-1-3-10)9-12-4-6-14(13)7-5-12/h1-9H2. The minimum atomic E-state index is -0.529. The molecule has 2 aliphatic rings. The fourth-order valence-electron chi connectivity index (χ4n) is 2.32. The minimum Gasteiger partial charge on any atom is -0.301 e. The van der Waals surface area contributed by atoms with Crippen molar-refractivity contribution in [1.82, 2.24) is 4.90 Å². The van der Waals surface area contributed by atoms with E-state index < -0.39 is 10.8 Å². The fraction of sp³-hybridized carbons (Fsp3) is 1.00. The Morgan fingerprint density at radius 3 is 2.36 bits per heavy atom. The molecule has 1 aliphatic heterocycles. The van der Waals surface area contributed by atoms with Gasteiger partial charge in [0.15, 0.2) is 0 Å². The molecule has 0 aromatic heterocycles. The van der Waals surface area contributed by atoms with E-state index in [1.54, 1.807) is 0 Å². The molecule has 0 N–H and O–H groups in total. The Kier molecular flexibility index (Phi) is 3.66. The van der Waals surface area contributed by atoms with Gasteiger partial charge in [-0.25, -0.2) is 0 Å². The van der Waals surface area contributed by atoms with Gasteiger partial charge < -0.3 is 4.90 Å². The lowest BCUT2D eigenvalue weighted by atomic mass is 9.70. The summed E-state index contributed by atoms with van der Waals surface area (Å²) in [5, 5.41) is 1.14. The SMILES string of the molecule is O=S1CCN(CC2(CBr)CCC2)CC1. The zero-order valence-electron chi connectivity index (χ0n) is 8.51. The van der Waals surface area contributed by atoms with Crippen LogP contribution in [0.25, 0.3) is 0 Å². The van der Waals surface area contributed by atoms with Crippen LogP contribution in [0.2, 0.25) is 0 Å². The monoisotopic (exact) mass is 279 g/mol. The Hall–Kier alpha value is 0.590. The molecule has 0 aromatic rings. The zero-order valence-corrected chi connectivity index (χ0v) is 10.9. The van der Waals surface area contributed by atoms with Crippen LogP contribution in [0.1, 0.15) is 19.3 Å². The van der Waals surface area contributed by atoms with Crippen LogP contribution >= 0.6 is 15.9 Å². The van der Waals surface area contributed by atoms with Crippen LogP contribution in [-0.2, 0) is 10.8 Å². The Labute approximate surface area is 97.0 Å². The molecule has 0 radical (unpaired) electrons. The molecule has 0 amide bonds. The summed E-state index contributed by atoms with van der Waals surface area (Å²) >= 11 is 3.64. The molecule has 0 aromatic carbocycles. The summed E-state index contributed by atoms with van der Waals surface area (Å²) in [6.07, 6.45) is 4.14. The molecular formula is C10H18BrNOS. The summed E-state index contributed by atoms with van der Waals surface area (Å²) in [4.78, 5) is 2.50. The van der Waals surface area contributed by atoms with Gasteiger partial charge in [0.05, 0.1) is 0 Å². The molecule has 0 atom stereocenters. The van der Waals surface area contributed by atoms with E-state index in [9.17, 15) is 4.21 Å².